The third-order valence-electron chi connectivity index (χ3n) is 4.33. The average Bonchev–Trinajstić information content (AvgIpc) is 3.09. The fraction of sp³-hybridized carbons (Fsp3) is 0.100. The van der Waals surface area contributed by atoms with E-state index < -0.39 is 0 Å². The van der Waals surface area contributed by atoms with E-state index in [0.29, 0.717) is 22.1 Å². The first kappa shape index (κ1) is 17.2. The molecule has 2 heterocycles. The molecule has 1 amide bonds. The number of amides is 1. The Morgan fingerprint density at radius 2 is 1.70 bits per heavy atom. The topological polar surface area (TPSA) is 72.2 Å². The van der Waals surface area contributed by atoms with Gasteiger partial charge in [0.25, 0.3) is 5.91 Å². The molecule has 1 N–H and O–H groups in total. The first-order chi connectivity index (χ1) is 13.0. The summed E-state index contributed by atoms with van der Waals surface area (Å²) in [5.74, 6) is -0.325. The average molecular weight is 378 g/mol. The highest BCUT2D eigenvalue weighted by molar-refractivity contribution is 6.30. The molecule has 7 heteroatoms. The van der Waals surface area contributed by atoms with Crippen molar-refractivity contribution < 1.29 is 4.79 Å². The maximum Gasteiger partial charge on any atom is 0.278 e. The second-order valence-electron chi connectivity index (χ2n) is 6.25. The van der Waals surface area contributed by atoms with E-state index in [4.69, 9.17) is 11.6 Å². The number of anilines is 1. The van der Waals surface area contributed by atoms with E-state index in [1.165, 1.54) is 0 Å². The quantitative estimate of drug-likeness (QED) is 0.577. The van der Waals surface area contributed by atoms with Crippen molar-refractivity contribution in [3.05, 3.63) is 76.7 Å². The molecule has 0 radical (unpaired) electrons. The summed E-state index contributed by atoms with van der Waals surface area (Å²) in [6, 6.07) is 15.0. The number of nitrogens with one attached hydrogen (secondary N) is 1. The zero-order chi connectivity index (χ0) is 19.0. The molecule has 0 saturated heterocycles. The van der Waals surface area contributed by atoms with Gasteiger partial charge in [0.15, 0.2) is 11.3 Å². The van der Waals surface area contributed by atoms with Crippen LogP contribution in [-0.2, 0) is 0 Å². The molecule has 0 bridgehead atoms. The summed E-state index contributed by atoms with van der Waals surface area (Å²) in [7, 11) is 0. The molecule has 0 aliphatic rings. The summed E-state index contributed by atoms with van der Waals surface area (Å²) in [5.41, 5.74) is 5.01. The number of carbonyl (C=O) groups excluding carboxylic acids is 1. The molecule has 2 aromatic heterocycles. The van der Waals surface area contributed by atoms with E-state index in [1.54, 1.807) is 17.6 Å². The highest BCUT2D eigenvalue weighted by Crippen LogP contribution is 2.25. The fourth-order valence-electron chi connectivity index (χ4n) is 2.82. The van der Waals surface area contributed by atoms with Crippen molar-refractivity contribution in [2.75, 3.05) is 5.32 Å². The molecule has 0 aliphatic carbocycles. The summed E-state index contributed by atoms with van der Waals surface area (Å²) in [4.78, 5) is 12.6. The van der Waals surface area contributed by atoms with Gasteiger partial charge in [0.2, 0.25) is 0 Å². The third-order valence-corrected chi connectivity index (χ3v) is 4.58. The molecule has 134 valence electrons. The van der Waals surface area contributed by atoms with Gasteiger partial charge in [0.05, 0.1) is 11.9 Å². The Morgan fingerprint density at radius 3 is 2.41 bits per heavy atom. The van der Waals surface area contributed by atoms with Crippen LogP contribution < -0.4 is 5.32 Å². The van der Waals surface area contributed by atoms with E-state index in [2.05, 4.69) is 20.6 Å². The van der Waals surface area contributed by atoms with Crippen LogP contribution in [0.1, 0.15) is 21.7 Å². The lowest BCUT2D eigenvalue weighted by Gasteiger charge is -2.08. The van der Waals surface area contributed by atoms with Gasteiger partial charge >= 0.3 is 0 Å². The fourth-order valence-corrected chi connectivity index (χ4v) is 2.95. The summed E-state index contributed by atoms with van der Waals surface area (Å²) < 4.78 is 1.63. The van der Waals surface area contributed by atoms with Gasteiger partial charge in [-0.2, -0.15) is 5.10 Å². The SMILES string of the molecule is Cc1ccc(NC(=O)c2nnc3c(-c4ccc(Cl)cc4)cnn3c2C)cc1. The summed E-state index contributed by atoms with van der Waals surface area (Å²) in [5, 5.41) is 16.3. The van der Waals surface area contributed by atoms with Gasteiger partial charge in [-0.15, -0.1) is 10.2 Å². The minimum absolute atomic E-state index is 0.230. The number of rotatable bonds is 3. The molecule has 0 saturated carbocycles. The molecular weight excluding hydrogens is 362 g/mol. The van der Waals surface area contributed by atoms with Gasteiger partial charge in [0.1, 0.15) is 0 Å². The Hall–Kier alpha value is -3.25. The van der Waals surface area contributed by atoms with Crippen molar-refractivity contribution in [2.45, 2.75) is 13.8 Å². The first-order valence-corrected chi connectivity index (χ1v) is 8.76. The molecule has 0 fully saturated rings. The zero-order valence-corrected chi connectivity index (χ0v) is 15.5. The number of halogens is 1. The smallest absolute Gasteiger partial charge is 0.278 e. The van der Waals surface area contributed by atoms with E-state index in [0.717, 1.165) is 16.7 Å². The van der Waals surface area contributed by atoms with Gasteiger partial charge in [-0.1, -0.05) is 41.4 Å². The number of aromatic nitrogens is 4. The summed E-state index contributed by atoms with van der Waals surface area (Å²) >= 11 is 5.95. The maximum atomic E-state index is 12.6. The van der Waals surface area contributed by atoms with E-state index in [-0.39, 0.29) is 11.6 Å². The largest absolute Gasteiger partial charge is 0.321 e. The Bertz CT molecular complexity index is 1130. The Balaban J connectivity index is 1.69. The molecule has 2 aromatic carbocycles. The van der Waals surface area contributed by atoms with Crippen molar-refractivity contribution in [3.63, 3.8) is 0 Å². The van der Waals surface area contributed by atoms with Crippen molar-refractivity contribution in [3.8, 4) is 11.1 Å². The van der Waals surface area contributed by atoms with Crippen LogP contribution in [0.2, 0.25) is 5.02 Å². The Labute approximate surface area is 160 Å². The molecule has 0 unspecified atom stereocenters. The number of nitrogens with zero attached hydrogens (tertiary/aromatic N) is 4. The molecule has 0 atom stereocenters. The van der Waals surface area contributed by atoms with Crippen molar-refractivity contribution in [2.24, 2.45) is 0 Å². The predicted octanol–water partition coefficient (Wildman–Crippen LogP) is 4.31. The minimum Gasteiger partial charge on any atom is -0.321 e. The number of hydrogen-bond acceptors (Lipinski definition) is 4. The number of fused-ring (bicyclic) bond motifs is 1. The maximum absolute atomic E-state index is 12.6. The second-order valence-corrected chi connectivity index (χ2v) is 6.69. The number of hydrogen-bond donors (Lipinski definition) is 1. The van der Waals surface area contributed by atoms with E-state index in [9.17, 15) is 4.79 Å². The molecular formula is C20H16ClN5O. The lowest BCUT2D eigenvalue weighted by atomic mass is 10.1. The minimum atomic E-state index is -0.325. The Kier molecular flexibility index (Phi) is 4.33. The number of aryl methyl sites for hydroxylation is 2. The van der Waals surface area contributed by atoms with Crippen LogP contribution in [0, 0.1) is 13.8 Å². The highest BCUT2D eigenvalue weighted by Gasteiger charge is 2.18. The first-order valence-electron chi connectivity index (χ1n) is 8.38. The molecule has 27 heavy (non-hydrogen) atoms. The molecule has 0 spiro atoms. The van der Waals surface area contributed by atoms with E-state index >= 15 is 0 Å². The van der Waals surface area contributed by atoms with Gasteiger partial charge < -0.3 is 5.32 Å². The van der Waals surface area contributed by atoms with Crippen LogP contribution in [-0.4, -0.2) is 25.7 Å². The van der Waals surface area contributed by atoms with Gasteiger partial charge in [-0.25, -0.2) is 4.52 Å². The van der Waals surface area contributed by atoms with Crippen LogP contribution >= 0.6 is 11.6 Å². The van der Waals surface area contributed by atoms with Gasteiger partial charge in [0, 0.05) is 16.3 Å². The van der Waals surface area contributed by atoms with Crippen LogP contribution in [0.15, 0.2) is 54.7 Å². The van der Waals surface area contributed by atoms with E-state index in [1.807, 2.05) is 55.5 Å². The number of benzene rings is 2. The molecule has 4 rings (SSSR count). The van der Waals surface area contributed by atoms with Gasteiger partial charge in [-0.05, 0) is 43.7 Å². The van der Waals surface area contributed by atoms with Crippen LogP contribution in [0.5, 0.6) is 0 Å². The zero-order valence-electron chi connectivity index (χ0n) is 14.8. The van der Waals surface area contributed by atoms with Crippen molar-refractivity contribution >= 4 is 28.8 Å². The molecule has 4 aromatic rings. The summed E-state index contributed by atoms with van der Waals surface area (Å²) in [6.07, 6.45) is 1.71. The second kappa shape index (κ2) is 6.81. The normalized spacial score (nSPS) is 10.9. The molecule has 0 aliphatic heterocycles. The molecule has 6 nitrogen and oxygen atoms in total. The van der Waals surface area contributed by atoms with Crippen LogP contribution in [0.3, 0.4) is 0 Å². The van der Waals surface area contributed by atoms with Crippen molar-refractivity contribution in [1.29, 1.82) is 0 Å². The summed E-state index contributed by atoms with van der Waals surface area (Å²) in [6.45, 7) is 3.79. The lowest BCUT2D eigenvalue weighted by molar-refractivity contribution is 0.102. The van der Waals surface area contributed by atoms with Gasteiger partial charge in [-0.3, -0.25) is 4.79 Å². The number of carbonyl (C=O) groups is 1. The van der Waals surface area contributed by atoms with Crippen LogP contribution in [0.25, 0.3) is 16.8 Å². The standard InChI is InChI=1S/C20H16ClN5O/c1-12-3-9-16(10-4-12)23-20(27)18-13(2)26-19(25-24-18)17(11-22-26)14-5-7-15(21)8-6-14/h3-11H,1-2H3,(H,23,27). The van der Waals surface area contributed by atoms with Crippen molar-refractivity contribution in [1.82, 2.24) is 19.8 Å². The highest BCUT2D eigenvalue weighted by atomic mass is 35.5. The monoisotopic (exact) mass is 377 g/mol. The predicted molar refractivity (Wildman–Crippen MR) is 105 cm³/mol. The lowest BCUT2D eigenvalue weighted by Crippen LogP contribution is -2.18. The third kappa shape index (κ3) is 3.27. The van der Waals surface area contributed by atoms with Crippen LogP contribution in [0.4, 0.5) is 5.69 Å². The Morgan fingerprint density at radius 1 is 1.00 bits per heavy atom.